The molecule has 2 rings (SSSR count). The Morgan fingerprint density at radius 3 is 2.60 bits per heavy atom. The Bertz CT molecular complexity index is 584. The second kappa shape index (κ2) is 6.42. The third-order valence-corrected chi connectivity index (χ3v) is 2.47. The van der Waals surface area contributed by atoms with Crippen molar-refractivity contribution in [3.8, 4) is 17.2 Å². The van der Waals surface area contributed by atoms with E-state index in [2.05, 4.69) is 10.3 Å². The summed E-state index contributed by atoms with van der Waals surface area (Å²) in [6, 6.07) is 9.87. The topological polar surface area (TPSA) is 80.7 Å². The summed E-state index contributed by atoms with van der Waals surface area (Å²) in [5.74, 6) is 0.863. The predicted molar refractivity (Wildman–Crippen MR) is 73.0 cm³/mol. The molecular weight excluding hydrogens is 260 g/mol. The highest BCUT2D eigenvalue weighted by atomic mass is 16.5. The second-order valence-corrected chi connectivity index (χ2v) is 3.88. The highest BCUT2D eigenvalue weighted by molar-refractivity contribution is 5.92. The van der Waals surface area contributed by atoms with Crippen LogP contribution in [0.1, 0.15) is 0 Å². The van der Waals surface area contributed by atoms with Crippen LogP contribution in [0.5, 0.6) is 17.2 Å². The second-order valence-electron chi connectivity index (χ2n) is 3.88. The molecule has 2 N–H and O–H groups in total. The molecule has 1 amide bonds. The molecule has 6 nitrogen and oxygen atoms in total. The summed E-state index contributed by atoms with van der Waals surface area (Å²) < 4.78 is 10.3. The zero-order valence-electron chi connectivity index (χ0n) is 10.9. The quantitative estimate of drug-likeness (QED) is 0.869. The van der Waals surface area contributed by atoms with Gasteiger partial charge in [0.05, 0.1) is 7.11 Å². The van der Waals surface area contributed by atoms with Gasteiger partial charge in [-0.3, -0.25) is 4.79 Å². The van der Waals surface area contributed by atoms with Crippen LogP contribution in [0.15, 0.2) is 42.6 Å². The van der Waals surface area contributed by atoms with Gasteiger partial charge >= 0.3 is 0 Å². The number of carbonyl (C=O) groups excluding carboxylic acids is 1. The van der Waals surface area contributed by atoms with Crippen molar-refractivity contribution in [2.24, 2.45) is 0 Å². The van der Waals surface area contributed by atoms with Crippen LogP contribution < -0.4 is 14.8 Å². The number of hydrogen-bond donors (Lipinski definition) is 2. The van der Waals surface area contributed by atoms with Crippen molar-refractivity contribution >= 4 is 11.7 Å². The van der Waals surface area contributed by atoms with Gasteiger partial charge in [-0.05, 0) is 36.4 Å². The van der Waals surface area contributed by atoms with Crippen molar-refractivity contribution < 1.29 is 19.4 Å². The van der Waals surface area contributed by atoms with Gasteiger partial charge in [-0.2, -0.15) is 0 Å². The molecule has 0 saturated heterocycles. The van der Waals surface area contributed by atoms with E-state index in [9.17, 15) is 9.90 Å². The number of amides is 1. The fraction of sp³-hybridized carbons (Fsp3) is 0.143. The first-order valence-electron chi connectivity index (χ1n) is 5.89. The van der Waals surface area contributed by atoms with Crippen LogP contribution in [-0.2, 0) is 4.79 Å². The number of ether oxygens (including phenoxy) is 2. The molecule has 0 aliphatic rings. The molecule has 0 bridgehead atoms. The zero-order valence-corrected chi connectivity index (χ0v) is 10.9. The van der Waals surface area contributed by atoms with Crippen LogP contribution in [0.4, 0.5) is 5.82 Å². The van der Waals surface area contributed by atoms with Crippen molar-refractivity contribution in [3.05, 3.63) is 42.6 Å². The van der Waals surface area contributed by atoms with E-state index in [4.69, 9.17) is 9.47 Å². The highest BCUT2D eigenvalue weighted by Gasteiger charge is 2.07. The molecular formula is C14H14N2O4. The molecule has 1 aromatic heterocycles. The molecule has 0 aliphatic carbocycles. The first-order chi connectivity index (χ1) is 9.69. The number of aromatic hydroxyl groups is 1. The van der Waals surface area contributed by atoms with Crippen molar-refractivity contribution in [1.29, 1.82) is 0 Å². The largest absolute Gasteiger partial charge is 0.504 e. The lowest BCUT2D eigenvalue weighted by Gasteiger charge is -2.08. The van der Waals surface area contributed by atoms with Crippen molar-refractivity contribution in [1.82, 2.24) is 4.98 Å². The van der Waals surface area contributed by atoms with E-state index < -0.39 is 5.91 Å². The maximum Gasteiger partial charge on any atom is 0.263 e. The van der Waals surface area contributed by atoms with E-state index in [1.807, 2.05) is 0 Å². The van der Waals surface area contributed by atoms with Crippen LogP contribution in [0.25, 0.3) is 0 Å². The fourth-order valence-electron chi connectivity index (χ4n) is 1.48. The summed E-state index contributed by atoms with van der Waals surface area (Å²) in [6.45, 7) is -0.178. The Morgan fingerprint density at radius 2 is 1.95 bits per heavy atom. The lowest BCUT2D eigenvalue weighted by Crippen LogP contribution is -2.20. The minimum atomic E-state index is -0.408. The molecule has 0 saturated carbocycles. The van der Waals surface area contributed by atoms with E-state index in [1.54, 1.807) is 37.4 Å². The van der Waals surface area contributed by atoms with Crippen LogP contribution in [0.2, 0.25) is 0 Å². The van der Waals surface area contributed by atoms with E-state index in [0.29, 0.717) is 11.5 Å². The number of rotatable bonds is 5. The Balaban J connectivity index is 1.87. The average molecular weight is 274 g/mol. The van der Waals surface area contributed by atoms with Gasteiger partial charge in [0, 0.05) is 6.20 Å². The van der Waals surface area contributed by atoms with Gasteiger partial charge in [0.2, 0.25) is 0 Å². The lowest BCUT2D eigenvalue weighted by atomic mass is 10.3. The molecule has 2 aromatic rings. The van der Waals surface area contributed by atoms with Gasteiger partial charge in [-0.1, -0.05) is 0 Å². The third-order valence-electron chi connectivity index (χ3n) is 2.47. The number of hydrogen-bond acceptors (Lipinski definition) is 5. The SMILES string of the molecule is COc1ccc(OCC(=O)Nc2ncccc2O)cc1. The molecule has 0 fully saturated rings. The third kappa shape index (κ3) is 3.61. The molecule has 0 aliphatic heterocycles. The Hall–Kier alpha value is -2.76. The zero-order chi connectivity index (χ0) is 14.4. The Morgan fingerprint density at radius 1 is 1.25 bits per heavy atom. The first kappa shape index (κ1) is 13.7. The number of nitrogens with one attached hydrogen (secondary N) is 1. The number of benzene rings is 1. The van der Waals surface area contributed by atoms with E-state index in [0.717, 1.165) is 0 Å². The summed E-state index contributed by atoms with van der Waals surface area (Å²) in [5, 5.41) is 11.9. The van der Waals surface area contributed by atoms with Gasteiger partial charge in [0.1, 0.15) is 11.5 Å². The molecule has 104 valence electrons. The normalized spacial score (nSPS) is 9.85. The maximum atomic E-state index is 11.6. The van der Waals surface area contributed by atoms with Crippen LogP contribution in [0.3, 0.4) is 0 Å². The van der Waals surface area contributed by atoms with Gasteiger partial charge in [-0.25, -0.2) is 4.98 Å². The molecule has 0 radical (unpaired) electrons. The summed E-state index contributed by atoms with van der Waals surface area (Å²) in [6.07, 6.45) is 1.47. The number of pyridine rings is 1. The van der Waals surface area contributed by atoms with E-state index >= 15 is 0 Å². The van der Waals surface area contributed by atoms with Crippen LogP contribution in [-0.4, -0.2) is 29.7 Å². The molecule has 0 unspecified atom stereocenters. The Kier molecular flexibility index (Phi) is 4.39. The summed E-state index contributed by atoms with van der Waals surface area (Å²) >= 11 is 0. The average Bonchev–Trinajstić information content (AvgIpc) is 2.48. The maximum absolute atomic E-state index is 11.6. The number of aromatic nitrogens is 1. The molecule has 0 atom stereocenters. The minimum Gasteiger partial charge on any atom is -0.504 e. The molecule has 1 aromatic carbocycles. The van der Waals surface area contributed by atoms with Crippen LogP contribution >= 0.6 is 0 Å². The van der Waals surface area contributed by atoms with Crippen molar-refractivity contribution in [2.45, 2.75) is 0 Å². The van der Waals surface area contributed by atoms with E-state index in [1.165, 1.54) is 12.3 Å². The number of carbonyl (C=O) groups is 1. The van der Waals surface area contributed by atoms with Gasteiger partial charge in [0.25, 0.3) is 5.91 Å². The van der Waals surface area contributed by atoms with Crippen molar-refractivity contribution in [2.75, 3.05) is 19.0 Å². The monoisotopic (exact) mass is 274 g/mol. The highest BCUT2D eigenvalue weighted by Crippen LogP contribution is 2.19. The van der Waals surface area contributed by atoms with Crippen molar-refractivity contribution in [3.63, 3.8) is 0 Å². The predicted octanol–water partition coefficient (Wildman–Crippen LogP) is 1.81. The number of methoxy groups -OCH3 is 1. The summed E-state index contributed by atoms with van der Waals surface area (Å²) in [4.78, 5) is 15.5. The van der Waals surface area contributed by atoms with Gasteiger partial charge in [-0.15, -0.1) is 0 Å². The molecule has 20 heavy (non-hydrogen) atoms. The number of anilines is 1. The lowest BCUT2D eigenvalue weighted by molar-refractivity contribution is -0.118. The summed E-state index contributed by atoms with van der Waals surface area (Å²) in [7, 11) is 1.57. The molecule has 1 heterocycles. The van der Waals surface area contributed by atoms with Gasteiger partial charge < -0.3 is 19.9 Å². The summed E-state index contributed by atoms with van der Waals surface area (Å²) in [5.41, 5.74) is 0. The van der Waals surface area contributed by atoms with E-state index in [-0.39, 0.29) is 18.2 Å². The molecule has 6 heteroatoms. The number of nitrogens with zero attached hydrogens (tertiary/aromatic N) is 1. The van der Waals surface area contributed by atoms with Crippen LogP contribution in [0, 0.1) is 0 Å². The standard InChI is InChI=1S/C14H14N2O4/c1-19-10-4-6-11(7-5-10)20-9-13(18)16-14-12(17)3-2-8-15-14/h2-8,17H,9H2,1H3,(H,15,16,18). The first-order valence-corrected chi connectivity index (χ1v) is 5.89. The fourth-order valence-corrected chi connectivity index (χ4v) is 1.48. The Labute approximate surface area is 116 Å². The molecule has 0 spiro atoms. The minimum absolute atomic E-state index is 0.0923. The van der Waals surface area contributed by atoms with Gasteiger partial charge in [0.15, 0.2) is 18.2 Å². The smallest absolute Gasteiger partial charge is 0.263 e.